The third kappa shape index (κ3) is 6.64. The molecule has 1 N–H and O–H groups in total. The van der Waals surface area contributed by atoms with Gasteiger partial charge in [0.05, 0.1) is 24.9 Å². The van der Waals surface area contributed by atoms with Crippen molar-refractivity contribution in [1.82, 2.24) is 4.98 Å². The molecule has 0 aliphatic heterocycles. The highest BCUT2D eigenvalue weighted by molar-refractivity contribution is 7.13. The molecule has 2 rings (SSSR count). The number of esters is 2. The third-order valence-corrected chi connectivity index (χ3v) is 3.92. The molecule has 2 aromatic rings. The molecule has 138 valence electrons. The number of carbonyl (C=O) groups is 2. The minimum Gasteiger partial charge on any atom is -0.466 e. The number of hydrogen-bond donors (Lipinski definition) is 1. The number of thiazole rings is 1. The van der Waals surface area contributed by atoms with E-state index in [1.165, 1.54) is 11.3 Å². The molecule has 0 saturated carbocycles. The lowest BCUT2D eigenvalue weighted by Gasteiger charge is -2.03. The fourth-order valence-electron chi connectivity index (χ4n) is 1.97. The van der Waals surface area contributed by atoms with Crippen molar-refractivity contribution < 1.29 is 19.1 Å². The van der Waals surface area contributed by atoms with E-state index in [1.54, 1.807) is 42.8 Å². The summed E-state index contributed by atoms with van der Waals surface area (Å²) in [6.45, 7) is 4.05. The van der Waals surface area contributed by atoms with E-state index in [2.05, 4.69) is 15.5 Å². The number of aromatic nitrogens is 1. The van der Waals surface area contributed by atoms with Gasteiger partial charge in [-0.2, -0.15) is 5.10 Å². The number of nitrogens with one attached hydrogen (secondary N) is 1. The molecule has 1 heterocycles. The highest BCUT2D eigenvalue weighted by Gasteiger charge is 2.08. The van der Waals surface area contributed by atoms with Crippen molar-refractivity contribution in [3.05, 3.63) is 40.9 Å². The Hall–Kier alpha value is -2.74. The number of hydrogen-bond acceptors (Lipinski definition) is 8. The molecule has 0 aliphatic carbocycles. The Labute approximate surface area is 156 Å². The Morgan fingerprint density at radius 3 is 2.69 bits per heavy atom. The van der Waals surface area contributed by atoms with Gasteiger partial charge in [-0.25, -0.2) is 4.98 Å². The SMILES string of the molecule is CCCC(=O)Oc1ccc(C=NNc2nc(CC(=O)OCC)cs2)cc1. The molecule has 0 atom stereocenters. The van der Waals surface area contributed by atoms with Gasteiger partial charge in [-0.05, 0) is 43.2 Å². The lowest BCUT2D eigenvalue weighted by atomic mass is 10.2. The minimum atomic E-state index is -0.299. The zero-order valence-electron chi connectivity index (χ0n) is 14.7. The molecule has 7 nitrogen and oxygen atoms in total. The van der Waals surface area contributed by atoms with E-state index < -0.39 is 0 Å². The van der Waals surface area contributed by atoms with Crippen molar-refractivity contribution in [3.63, 3.8) is 0 Å². The van der Waals surface area contributed by atoms with Crippen LogP contribution in [0.1, 0.15) is 37.9 Å². The van der Waals surface area contributed by atoms with Crippen molar-refractivity contribution >= 4 is 34.6 Å². The molecule has 0 fully saturated rings. The Kier molecular flexibility index (Phi) is 7.75. The zero-order chi connectivity index (χ0) is 18.8. The lowest BCUT2D eigenvalue weighted by Crippen LogP contribution is -2.07. The van der Waals surface area contributed by atoms with Crippen LogP contribution in [-0.2, 0) is 20.7 Å². The summed E-state index contributed by atoms with van der Waals surface area (Å²) < 4.78 is 10.1. The molecular weight excluding hydrogens is 354 g/mol. The molecule has 0 spiro atoms. The Balaban J connectivity index is 1.83. The molecule has 0 radical (unpaired) electrons. The first-order valence-electron chi connectivity index (χ1n) is 8.30. The summed E-state index contributed by atoms with van der Waals surface area (Å²) in [5.41, 5.74) is 4.31. The summed E-state index contributed by atoms with van der Waals surface area (Å²) in [6, 6.07) is 7.03. The minimum absolute atomic E-state index is 0.147. The molecule has 1 aromatic carbocycles. The van der Waals surface area contributed by atoms with Crippen LogP contribution in [0.2, 0.25) is 0 Å². The third-order valence-electron chi connectivity index (χ3n) is 3.12. The van der Waals surface area contributed by atoms with Gasteiger partial charge in [-0.1, -0.05) is 6.92 Å². The topological polar surface area (TPSA) is 89.9 Å². The highest BCUT2D eigenvalue weighted by atomic mass is 32.1. The largest absolute Gasteiger partial charge is 0.466 e. The van der Waals surface area contributed by atoms with Crippen LogP contribution in [0.3, 0.4) is 0 Å². The van der Waals surface area contributed by atoms with Crippen molar-refractivity contribution in [2.75, 3.05) is 12.0 Å². The number of nitrogens with zero attached hydrogens (tertiary/aromatic N) is 2. The first kappa shape index (κ1) is 19.6. The predicted octanol–water partition coefficient (Wildman–Crippen LogP) is 3.40. The van der Waals surface area contributed by atoms with Gasteiger partial charge in [0.1, 0.15) is 5.75 Å². The molecule has 0 unspecified atom stereocenters. The van der Waals surface area contributed by atoms with E-state index in [9.17, 15) is 9.59 Å². The number of hydrazone groups is 1. The zero-order valence-corrected chi connectivity index (χ0v) is 15.5. The van der Waals surface area contributed by atoms with E-state index in [0.29, 0.717) is 29.6 Å². The van der Waals surface area contributed by atoms with Crippen LogP contribution in [0, 0.1) is 0 Å². The van der Waals surface area contributed by atoms with Gasteiger partial charge in [0.25, 0.3) is 0 Å². The molecule has 26 heavy (non-hydrogen) atoms. The van der Waals surface area contributed by atoms with Crippen LogP contribution in [0.25, 0.3) is 0 Å². The molecule has 0 amide bonds. The van der Waals surface area contributed by atoms with Crippen LogP contribution < -0.4 is 10.2 Å². The van der Waals surface area contributed by atoms with Crippen LogP contribution in [-0.4, -0.2) is 29.7 Å². The quantitative estimate of drug-likeness (QED) is 0.313. The second kappa shape index (κ2) is 10.3. The second-order valence-electron chi connectivity index (χ2n) is 5.29. The number of rotatable bonds is 9. The molecular formula is C18H21N3O4S. The summed E-state index contributed by atoms with van der Waals surface area (Å²) >= 11 is 1.36. The van der Waals surface area contributed by atoms with E-state index in [0.717, 1.165) is 12.0 Å². The van der Waals surface area contributed by atoms with Crippen LogP contribution in [0.5, 0.6) is 5.75 Å². The lowest BCUT2D eigenvalue weighted by molar-refractivity contribution is -0.142. The molecule has 0 saturated heterocycles. The predicted molar refractivity (Wildman–Crippen MR) is 101 cm³/mol. The molecule has 0 aliphatic rings. The highest BCUT2D eigenvalue weighted by Crippen LogP contribution is 2.16. The maximum absolute atomic E-state index is 11.4. The molecule has 0 bridgehead atoms. The van der Waals surface area contributed by atoms with Crippen molar-refractivity contribution in [1.29, 1.82) is 0 Å². The van der Waals surface area contributed by atoms with Crippen molar-refractivity contribution in [3.8, 4) is 5.75 Å². The first-order chi connectivity index (χ1) is 12.6. The summed E-state index contributed by atoms with van der Waals surface area (Å²) in [5, 5.41) is 6.48. The van der Waals surface area contributed by atoms with Gasteiger partial charge in [0, 0.05) is 11.8 Å². The Bertz CT molecular complexity index is 756. The van der Waals surface area contributed by atoms with Gasteiger partial charge in [-0.3, -0.25) is 15.0 Å². The molecule has 8 heteroatoms. The van der Waals surface area contributed by atoms with E-state index >= 15 is 0 Å². The average molecular weight is 375 g/mol. The number of carbonyl (C=O) groups excluding carboxylic acids is 2. The van der Waals surface area contributed by atoms with Gasteiger partial charge >= 0.3 is 11.9 Å². The Morgan fingerprint density at radius 2 is 2.00 bits per heavy atom. The van der Waals surface area contributed by atoms with Gasteiger partial charge < -0.3 is 9.47 Å². The fraction of sp³-hybridized carbons (Fsp3) is 0.333. The van der Waals surface area contributed by atoms with Crippen molar-refractivity contribution in [2.45, 2.75) is 33.1 Å². The fourth-order valence-corrected chi connectivity index (χ4v) is 2.63. The smallest absolute Gasteiger partial charge is 0.311 e. The monoisotopic (exact) mass is 375 g/mol. The summed E-state index contributed by atoms with van der Waals surface area (Å²) in [7, 11) is 0. The number of ether oxygens (including phenoxy) is 2. The van der Waals surface area contributed by atoms with Gasteiger partial charge in [0.15, 0.2) is 0 Å². The van der Waals surface area contributed by atoms with Crippen molar-refractivity contribution in [2.24, 2.45) is 5.10 Å². The van der Waals surface area contributed by atoms with Gasteiger partial charge in [0.2, 0.25) is 5.13 Å². The molecule has 1 aromatic heterocycles. The van der Waals surface area contributed by atoms with E-state index in [4.69, 9.17) is 9.47 Å². The standard InChI is InChI=1S/C18H21N3O4S/c1-3-5-16(22)25-15-8-6-13(7-9-15)11-19-21-18-20-14(12-26-18)10-17(23)24-4-2/h6-9,11-12H,3-5,10H2,1-2H3,(H,20,21). The summed E-state index contributed by atoms with van der Waals surface area (Å²) in [5.74, 6) is -0.0253. The summed E-state index contributed by atoms with van der Waals surface area (Å²) in [6.07, 6.45) is 2.94. The van der Waals surface area contributed by atoms with E-state index in [-0.39, 0.29) is 18.4 Å². The maximum atomic E-state index is 11.4. The van der Waals surface area contributed by atoms with Crippen LogP contribution in [0.4, 0.5) is 5.13 Å². The number of anilines is 1. The van der Waals surface area contributed by atoms with E-state index in [1.807, 2.05) is 6.92 Å². The Morgan fingerprint density at radius 1 is 1.23 bits per heavy atom. The first-order valence-corrected chi connectivity index (χ1v) is 9.18. The second-order valence-corrected chi connectivity index (χ2v) is 6.15. The van der Waals surface area contributed by atoms with Crippen LogP contribution in [0.15, 0.2) is 34.7 Å². The van der Waals surface area contributed by atoms with Gasteiger partial charge in [-0.15, -0.1) is 11.3 Å². The van der Waals surface area contributed by atoms with Crippen LogP contribution >= 0.6 is 11.3 Å². The number of benzene rings is 1. The summed E-state index contributed by atoms with van der Waals surface area (Å²) in [4.78, 5) is 27.1. The average Bonchev–Trinajstić information content (AvgIpc) is 3.04. The maximum Gasteiger partial charge on any atom is 0.311 e. The normalized spacial score (nSPS) is 10.7.